The molecule has 1 aromatic carbocycles. The van der Waals surface area contributed by atoms with Gasteiger partial charge in [-0.2, -0.15) is 13.2 Å². The van der Waals surface area contributed by atoms with Gasteiger partial charge in [-0.05, 0) is 24.5 Å². The molecule has 6 nitrogen and oxygen atoms in total. The molecule has 1 unspecified atom stereocenters. The number of nitrogens with one attached hydrogen (secondary N) is 1. The summed E-state index contributed by atoms with van der Waals surface area (Å²) in [6.07, 6.45) is -2.26. The molecule has 9 heteroatoms. The van der Waals surface area contributed by atoms with Crippen LogP contribution in [0.5, 0.6) is 11.5 Å². The van der Waals surface area contributed by atoms with Gasteiger partial charge in [0.15, 0.2) is 24.7 Å². The first-order valence-corrected chi connectivity index (χ1v) is 7.68. The minimum absolute atomic E-state index is 0.0315. The van der Waals surface area contributed by atoms with Gasteiger partial charge in [0.05, 0.1) is 0 Å². The van der Waals surface area contributed by atoms with Gasteiger partial charge < -0.3 is 19.9 Å². The second kappa shape index (κ2) is 8.09. The van der Waals surface area contributed by atoms with Crippen LogP contribution in [-0.4, -0.2) is 42.4 Å². The molecule has 0 radical (unpaired) electrons. The number of aliphatic carboxylic acids is 1. The maximum Gasteiger partial charge on any atom is 0.422 e. The van der Waals surface area contributed by atoms with Crippen LogP contribution in [0.1, 0.15) is 19.3 Å². The third-order valence-corrected chi connectivity index (χ3v) is 3.50. The number of hydrogen-bond acceptors (Lipinski definition) is 4. The van der Waals surface area contributed by atoms with Crippen molar-refractivity contribution in [1.82, 2.24) is 5.32 Å². The number of amides is 1. The topological polar surface area (TPSA) is 84.9 Å². The Bertz CT molecular complexity index is 616. The van der Waals surface area contributed by atoms with E-state index in [0.717, 1.165) is 12.8 Å². The number of benzene rings is 1. The molecule has 0 aromatic heterocycles. The van der Waals surface area contributed by atoms with Crippen LogP contribution in [0.2, 0.25) is 0 Å². The zero-order valence-electron chi connectivity index (χ0n) is 13.2. The summed E-state index contributed by atoms with van der Waals surface area (Å²) in [5.74, 6) is -1.68. The number of carboxylic acids is 1. The lowest BCUT2D eigenvalue weighted by molar-refractivity contribution is -0.153. The SMILES string of the molecule is O=C(COc1ccccc1OCC(F)(F)F)NC(CC1CC1)C(=O)O. The van der Waals surface area contributed by atoms with Crippen molar-refractivity contribution < 1.29 is 37.3 Å². The Balaban J connectivity index is 1.87. The highest BCUT2D eigenvalue weighted by molar-refractivity contribution is 5.84. The van der Waals surface area contributed by atoms with Gasteiger partial charge in [0.2, 0.25) is 0 Å². The summed E-state index contributed by atoms with van der Waals surface area (Å²) < 4.78 is 46.5. The molecule has 1 saturated carbocycles. The first kappa shape index (κ1) is 18.9. The van der Waals surface area contributed by atoms with Crippen LogP contribution < -0.4 is 14.8 Å². The molecule has 138 valence electrons. The Kier molecular flexibility index (Phi) is 6.11. The van der Waals surface area contributed by atoms with Crippen molar-refractivity contribution in [1.29, 1.82) is 0 Å². The predicted octanol–water partition coefficient (Wildman–Crippen LogP) is 2.38. The van der Waals surface area contributed by atoms with E-state index in [1.807, 2.05) is 0 Å². The van der Waals surface area contributed by atoms with Crippen LogP contribution in [-0.2, 0) is 9.59 Å². The van der Waals surface area contributed by atoms with Gasteiger partial charge in [0.1, 0.15) is 6.04 Å². The van der Waals surface area contributed by atoms with Gasteiger partial charge in [-0.3, -0.25) is 4.79 Å². The Morgan fingerprint density at radius 3 is 2.32 bits per heavy atom. The van der Waals surface area contributed by atoms with Crippen LogP contribution >= 0.6 is 0 Å². The van der Waals surface area contributed by atoms with E-state index in [4.69, 9.17) is 9.84 Å². The smallest absolute Gasteiger partial charge is 0.422 e. The lowest BCUT2D eigenvalue weighted by Gasteiger charge is -2.16. The van der Waals surface area contributed by atoms with Crippen LogP contribution in [0.3, 0.4) is 0 Å². The fraction of sp³-hybridized carbons (Fsp3) is 0.500. The molecule has 0 saturated heterocycles. The molecule has 0 aliphatic heterocycles. The van der Waals surface area contributed by atoms with Crippen LogP contribution in [0.25, 0.3) is 0 Å². The summed E-state index contributed by atoms with van der Waals surface area (Å²) in [7, 11) is 0. The maximum absolute atomic E-state index is 12.2. The monoisotopic (exact) mass is 361 g/mol. The van der Waals surface area contributed by atoms with Crippen molar-refractivity contribution in [2.75, 3.05) is 13.2 Å². The molecule has 0 spiro atoms. The lowest BCUT2D eigenvalue weighted by Crippen LogP contribution is -2.43. The minimum Gasteiger partial charge on any atom is -0.480 e. The van der Waals surface area contributed by atoms with Gasteiger partial charge in [0, 0.05) is 0 Å². The lowest BCUT2D eigenvalue weighted by atomic mass is 10.1. The molecule has 1 aromatic rings. The van der Waals surface area contributed by atoms with E-state index in [1.54, 1.807) is 0 Å². The first-order valence-electron chi connectivity index (χ1n) is 7.68. The van der Waals surface area contributed by atoms with E-state index in [-0.39, 0.29) is 11.5 Å². The molecular weight excluding hydrogens is 343 g/mol. The van der Waals surface area contributed by atoms with Crippen molar-refractivity contribution in [3.05, 3.63) is 24.3 Å². The van der Waals surface area contributed by atoms with Crippen LogP contribution in [0.15, 0.2) is 24.3 Å². The van der Waals surface area contributed by atoms with E-state index in [9.17, 15) is 22.8 Å². The third kappa shape index (κ3) is 6.90. The number of alkyl halides is 3. The number of carbonyl (C=O) groups excluding carboxylic acids is 1. The Hall–Kier alpha value is -2.45. The average Bonchev–Trinajstić information content (AvgIpc) is 3.34. The van der Waals surface area contributed by atoms with Gasteiger partial charge >= 0.3 is 12.1 Å². The molecule has 25 heavy (non-hydrogen) atoms. The standard InChI is InChI=1S/C16H18F3NO5/c17-16(18,19)9-25-13-4-2-1-3-12(13)24-8-14(21)20-11(15(22)23)7-10-5-6-10/h1-4,10-11H,5-9H2,(H,20,21)(H,22,23). The molecule has 1 aliphatic rings. The maximum atomic E-state index is 12.2. The van der Waals surface area contributed by atoms with Gasteiger partial charge in [0.25, 0.3) is 5.91 Å². The summed E-state index contributed by atoms with van der Waals surface area (Å²) in [6, 6.07) is 4.62. The van der Waals surface area contributed by atoms with Gasteiger partial charge in [-0.15, -0.1) is 0 Å². The van der Waals surface area contributed by atoms with E-state index in [0.29, 0.717) is 12.3 Å². The van der Waals surface area contributed by atoms with E-state index in [2.05, 4.69) is 10.1 Å². The Morgan fingerprint density at radius 2 is 1.80 bits per heavy atom. The predicted molar refractivity (Wildman–Crippen MR) is 80.4 cm³/mol. The highest BCUT2D eigenvalue weighted by atomic mass is 19.4. The van der Waals surface area contributed by atoms with Gasteiger partial charge in [-0.25, -0.2) is 4.79 Å². The van der Waals surface area contributed by atoms with Crippen LogP contribution in [0, 0.1) is 5.92 Å². The molecular formula is C16H18F3NO5. The summed E-state index contributed by atoms with van der Waals surface area (Å²) in [5.41, 5.74) is 0. The van der Waals surface area contributed by atoms with Crippen molar-refractivity contribution in [3.8, 4) is 11.5 Å². The summed E-state index contributed by atoms with van der Waals surface area (Å²) >= 11 is 0. The third-order valence-electron chi connectivity index (χ3n) is 3.50. The minimum atomic E-state index is -4.50. The molecule has 2 rings (SSSR count). The fourth-order valence-electron chi connectivity index (χ4n) is 2.14. The summed E-state index contributed by atoms with van der Waals surface area (Å²) in [5, 5.41) is 11.4. The number of halogens is 3. The zero-order valence-corrected chi connectivity index (χ0v) is 13.2. The van der Waals surface area contributed by atoms with Gasteiger partial charge in [-0.1, -0.05) is 25.0 Å². The number of para-hydroxylation sites is 2. The molecule has 1 amide bonds. The number of carboxylic acid groups (broad SMARTS) is 1. The fourth-order valence-corrected chi connectivity index (χ4v) is 2.14. The largest absolute Gasteiger partial charge is 0.480 e. The van der Waals surface area contributed by atoms with E-state index in [1.165, 1.54) is 24.3 Å². The highest BCUT2D eigenvalue weighted by Crippen LogP contribution is 2.33. The molecule has 0 heterocycles. The number of carbonyl (C=O) groups is 2. The van der Waals surface area contributed by atoms with E-state index < -0.39 is 37.3 Å². The zero-order chi connectivity index (χ0) is 18.4. The van der Waals surface area contributed by atoms with E-state index >= 15 is 0 Å². The second-order valence-corrected chi connectivity index (χ2v) is 5.78. The second-order valence-electron chi connectivity index (χ2n) is 5.78. The molecule has 2 N–H and O–H groups in total. The normalized spacial score (nSPS) is 15.3. The molecule has 1 fully saturated rings. The van der Waals surface area contributed by atoms with Crippen molar-refractivity contribution in [3.63, 3.8) is 0 Å². The summed E-state index contributed by atoms with van der Waals surface area (Å²) in [6.45, 7) is -2.01. The summed E-state index contributed by atoms with van der Waals surface area (Å²) in [4.78, 5) is 23.0. The number of hydrogen-bond donors (Lipinski definition) is 2. The van der Waals surface area contributed by atoms with Crippen molar-refractivity contribution >= 4 is 11.9 Å². The average molecular weight is 361 g/mol. The highest BCUT2D eigenvalue weighted by Gasteiger charge is 2.31. The molecule has 1 atom stereocenters. The quantitative estimate of drug-likeness (QED) is 0.705. The molecule has 0 bridgehead atoms. The first-order chi connectivity index (χ1) is 11.7. The van der Waals surface area contributed by atoms with Crippen molar-refractivity contribution in [2.45, 2.75) is 31.5 Å². The number of rotatable bonds is 9. The molecule has 1 aliphatic carbocycles. The van der Waals surface area contributed by atoms with Crippen molar-refractivity contribution in [2.24, 2.45) is 5.92 Å². The Labute approximate surface area is 141 Å². The number of ether oxygens (including phenoxy) is 2. The Morgan fingerprint density at radius 1 is 1.20 bits per heavy atom. The van der Waals surface area contributed by atoms with Crippen LogP contribution in [0.4, 0.5) is 13.2 Å².